The second-order valence-electron chi connectivity index (χ2n) is 3.69. The molecule has 1 aromatic rings. The van der Waals surface area contributed by atoms with Gasteiger partial charge in [-0.15, -0.1) is 0 Å². The summed E-state index contributed by atoms with van der Waals surface area (Å²) in [6.45, 7) is 0. The minimum atomic E-state index is -1.58. The number of hydrogen-bond acceptors (Lipinski definition) is 4. The first-order chi connectivity index (χ1) is 8.15. The van der Waals surface area contributed by atoms with Crippen LogP contribution in [0.1, 0.15) is 19.3 Å². The van der Waals surface area contributed by atoms with Crippen molar-refractivity contribution >= 4 is 36.8 Å². The predicted octanol–water partition coefficient (Wildman–Crippen LogP) is 0.405. The largest absolute Gasteiger partial charge is 0.490 e. The first-order valence-electron chi connectivity index (χ1n) is 5.51. The van der Waals surface area contributed by atoms with Crippen LogP contribution in [0.25, 0.3) is 0 Å². The Morgan fingerprint density at radius 1 is 1.29 bits per heavy atom. The molecule has 0 saturated carbocycles. The molecule has 1 rings (SSSR count). The van der Waals surface area contributed by atoms with Crippen molar-refractivity contribution in [3.8, 4) is 0 Å². The summed E-state index contributed by atoms with van der Waals surface area (Å²) in [6, 6.07) is 6.62. The monoisotopic (exact) mass is 253 g/mol. The van der Waals surface area contributed by atoms with E-state index < -0.39 is 7.12 Å². The van der Waals surface area contributed by atoms with E-state index >= 15 is 0 Å². The van der Waals surface area contributed by atoms with E-state index in [0.29, 0.717) is 17.6 Å². The Bertz CT molecular complexity index is 373. The summed E-state index contributed by atoms with van der Waals surface area (Å²) in [4.78, 5) is 11.6. The van der Waals surface area contributed by atoms with E-state index in [4.69, 9.17) is 10.0 Å². The van der Waals surface area contributed by atoms with Crippen molar-refractivity contribution in [2.24, 2.45) is 0 Å². The van der Waals surface area contributed by atoms with Gasteiger partial charge in [0, 0.05) is 17.6 Å². The molecule has 92 valence electrons. The zero-order valence-corrected chi connectivity index (χ0v) is 10.4. The molecule has 17 heavy (non-hydrogen) atoms. The highest BCUT2D eigenvalue weighted by Gasteiger charge is 2.16. The number of hydrogen-bond donors (Lipinski definition) is 4. The summed E-state index contributed by atoms with van der Waals surface area (Å²) in [5.41, 5.74) is 0.744. The van der Waals surface area contributed by atoms with Crippen LogP contribution in [0.5, 0.6) is 0 Å². The number of para-hydroxylation sites is 1. The van der Waals surface area contributed by atoms with E-state index in [1.807, 2.05) is 0 Å². The molecule has 0 spiro atoms. The average molecular weight is 253 g/mol. The fourth-order valence-corrected chi connectivity index (χ4v) is 1.67. The molecule has 0 aliphatic rings. The quantitative estimate of drug-likeness (QED) is 0.337. The van der Waals surface area contributed by atoms with Gasteiger partial charge >= 0.3 is 7.12 Å². The van der Waals surface area contributed by atoms with Crippen LogP contribution in [0.3, 0.4) is 0 Å². The van der Waals surface area contributed by atoms with Gasteiger partial charge in [0.25, 0.3) is 0 Å². The third kappa shape index (κ3) is 4.81. The highest BCUT2D eigenvalue weighted by molar-refractivity contribution is 7.80. The van der Waals surface area contributed by atoms with E-state index in [1.165, 1.54) is 0 Å². The second-order valence-corrected chi connectivity index (χ2v) is 4.14. The van der Waals surface area contributed by atoms with Crippen molar-refractivity contribution in [3.05, 3.63) is 24.3 Å². The highest BCUT2D eigenvalue weighted by atomic mass is 32.1. The molecule has 3 N–H and O–H groups in total. The van der Waals surface area contributed by atoms with Crippen molar-refractivity contribution in [1.29, 1.82) is 0 Å². The van der Waals surface area contributed by atoms with Gasteiger partial charge in [0.15, 0.2) is 0 Å². The van der Waals surface area contributed by atoms with Crippen molar-refractivity contribution in [1.82, 2.24) is 0 Å². The topological polar surface area (TPSA) is 69.6 Å². The Morgan fingerprint density at radius 3 is 2.65 bits per heavy atom. The molecular formula is C11H16BNO3S. The summed E-state index contributed by atoms with van der Waals surface area (Å²) in [7, 11) is -1.58. The number of carbonyl (C=O) groups excluding carboxylic acids is 1. The van der Waals surface area contributed by atoms with E-state index in [9.17, 15) is 4.79 Å². The molecule has 0 aromatic heterocycles. The number of amides is 1. The number of unbranched alkanes of at least 4 members (excludes halogenated alkanes) is 1. The van der Waals surface area contributed by atoms with Gasteiger partial charge in [-0.2, -0.15) is 12.6 Å². The van der Waals surface area contributed by atoms with Crippen LogP contribution in [0.15, 0.2) is 24.3 Å². The molecule has 0 bridgehead atoms. The molecule has 0 heterocycles. The van der Waals surface area contributed by atoms with Gasteiger partial charge in [0.1, 0.15) is 0 Å². The molecule has 1 aromatic carbocycles. The normalized spacial score (nSPS) is 10.1. The zero-order valence-electron chi connectivity index (χ0n) is 9.47. The molecule has 0 radical (unpaired) electrons. The van der Waals surface area contributed by atoms with Crippen molar-refractivity contribution < 1.29 is 14.8 Å². The lowest BCUT2D eigenvalue weighted by atomic mass is 9.79. The van der Waals surface area contributed by atoms with Gasteiger partial charge in [0.05, 0.1) is 0 Å². The molecule has 0 aliphatic carbocycles. The van der Waals surface area contributed by atoms with Gasteiger partial charge in [-0.1, -0.05) is 18.2 Å². The van der Waals surface area contributed by atoms with Gasteiger partial charge < -0.3 is 15.4 Å². The molecule has 1 amide bonds. The Balaban J connectivity index is 2.58. The first-order valence-corrected chi connectivity index (χ1v) is 6.14. The van der Waals surface area contributed by atoms with Crippen molar-refractivity contribution in [2.45, 2.75) is 19.3 Å². The van der Waals surface area contributed by atoms with Gasteiger partial charge in [-0.25, -0.2) is 0 Å². The molecule has 0 aliphatic heterocycles. The maximum absolute atomic E-state index is 11.6. The molecular weight excluding hydrogens is 237 g/mol. The number of nitrogens with one attached hydrogen (secondary N) is 1. The summed E-state index contributed by atoms with van der Waals surface area (Å²) >= 11 is 4.07. The Morgan fingerprint density at radius 2 is 2.00 bits per heavy atom. The van der Waals surface area contributed by atoms with Gasteiger partial charge in [-0.3, -0.25) is 4.79 Å². The smallest absolute Gasteiger partial charge is 0.423 e. The molecule has 0 saturated heterocycles. The summed E-state index contributed by atoms with van der Waals surface area (Å²) < 4.78 is 0. The highest BCUT2D eigenvalue weighted by Crippen LogP contribution is 2.06. The van der Waals surface area contributed by atoms with Crippen LogP contribution >= 0.6 is 12.6 Å². The third-order valence-electron chi connectivity index (χ3n) is 2.33. The maximum Gasteiger partial charge on any atom is 0.490 e. The lowest BCUT2D eigenvalue weighted by Crippen LogP contribution is -2.33. The van der Waals surface area contributed by atoms with Crippen LogP contribution < -0.4 is 10.8 Å². The van der Waals surface area contributed by atoms with Gasteiger partial charge in [0.2, 0.25) is 5.91 Å². The van der Waals surface area contributed by atoms with Crippen LogP contribution in [0.2, 0.25) is 0 Å². The standard InChI is InChI=1S/C11H16BNO3S/c14-11(7-3-4-8-17)13-10-6-2-1-5-9(10)12(15)16/h1-2,5-6,15-17H,3-4,7-8H2,(H,13,14). The van der Waals surface area contributed by atoms with E-state index in [0.717, 1.165) is 18.6 Å². The summed E-state index contributed by atoms with van der Waals surface area (Å²) in [5, 5.41) is 20.9. The molecule has 4 nitrogen and oxygen atoms in total. The lowest BCUT2D eigenvalue weighted by molar-refractivity contribution is -0.116. The SMILES string of the molecule is O=C(CCCCS)Nc1ccccc1B(O)O. The molecule has 6 heteroatoms. The number of rotatable bonds is 6. The zero-order chi connectivity index (χ0) is 12.7. The van der Waals surface area contributed by atoms with E-state index in [2.05, 4.69) is 17.9 Å². The predicted molar refractivity (Wildman–Crippen MR) is 72.6 cm³/mol. The minimum Gasteiger partial charge on any atom is -0.423 e. The number of anilines is 1. The third-order valence-corrected chi connectivity index (χ3v) is 2.64. The number of benzene rings is 1. The summed E-state index contributed by atoms with van der Waals surface area (Å²) in [5.74, 6) is 0.638. The molecule has 0 atom stereocenters. The van der Waals surface area contributed by atoms with Crippen LogP contribution in [0, 0.1) is 0 Å². The Kier molecular flexibility index (Phi) is 6.11. The van der Waals surface area contributed by atoms with Crippen LogP contribution in [-0.2, 0) is 4.79 Å². The molecule has 0 fully saturated rings. The fourth-order valence-electron chi connectivity index (χ4n) is 1.45. The average Bonchev–Trinajstić information content (AvgIpc) is 2.29. The second kappa shape index (κ2) is 7.37. The lowest BCUT2D eigenvalue weighted by Gasteiger charge is -2.10. The number of carbonyl (C=O) groups is 1. The van der Waals surface area contributed by atoms with Crippen molar-refractivity contribution in [3.63, 3.8) is 0 Å². The minimum absolute atomic E-state index is 0.125. The Hall–Kier alpha value is -0.975. The Labute approximate surface area is 107 Å². The van der Waals surface area contributed by atoms with Crippen LogP contribution in [-0.4, -0.2) is 28.8 Å². The van der Waals surface area contributed by atoms with E-state index in [1.54, 1.807) is 24.3 Å². The fraction of sp³-hybridized carbons (Fsp3) is 0.364. The van der Waals surface area contributed by atoms with Gasteiger partial charge in [-0.05, 0) is 24.7 Å². The maximum atomic E-state index is 11.6. The first kappa shape index (κ1) is 14.1. The van der Waals surface area contributed by atoms with Crippen LogP contribution in [0.4, 0.5) is 5.69 Å². The van der Waals surface area contributed by atoms with Crippen molar-refractivity contribution in [2.75, 3.05) is 11.1 Å². The summed E-state index contributed by atoms with van der Waals surface area (Å²) in [6.07, 6.45) is 2.08. The number of thiol groups is 1. The molecule has 0 unspecified atom stereocenters. The van der Waals surface area contributed by atoms with E-state index in [-0.39, 0.29) is 5.91 Å².